The highest BCUT2D eigenvalue weighted by atomic mass is 35.5. The third-order valence-electron chi connectivity index (χ3n) is 6.88. The third kappa shape index (κ3) is 6.19. The van der Waals surface area contributed by atoms with Crippen LogP contribution >= 0.6 is 11.6 Å². The van der Waals surface area contributed by atoms with Crippen molar-refractivity contribution in [2.75, 3.05) is 47.1 Å². The molecule has 10 nitrogen and oxygen atoms in total. The minimum atomic E-state index is -1.23. The fourth-order valence-corrected chi connectivity index (χ4v) is 5.21. The highest BCUT2D eigenvalue weighted by Crippen LogP contribution is 2.49. The summed E-state index contributed by atoms with van der Waals surface area (Å²) in [6.45, 7) is 1.91. The molecule has 0 unspecified atom stereocenters. The van der Waals surface area contributed by atoms with Crippen LogP contribution in [0.3, 0.4) is 0 Å². The number of nitrogens with zero attached hydrogens (tertiary/aromatic N) is 1. The molecule has 0 fully saturated rings. The van der Waals surface area contributed by atoms with Gasteiger partial charge in [-0.05, 0) is 31.2 Å². The van der Waals surface area contributed by atoms with E-state index in [1.807, 2.05) is 6.07 Å². The van der Waals surface area contributed by atoms with Crippen LogP contribution in [0.4, 0.5) is 5.69 Å². The van der Waals surface area contributed by atoms with Crippen LogP contribution in [0.5, 0.6) is 28.7 Å². The van der Waals surface area contributed by atoms with Crippen molar-refractivity contribution < 1.29 is 42.7 Å². The van der Waals surface area contributed by atoms with Gasteiger partial charge in [-0.2, -0.15) is 0 Å². The Labute approximate surface area is 249 Å². The zero-order chi connectivity index (χ0) is 30.4. The number of benzene rings is 3. The topological polar surface area (TPSA) is 102 Å². The van der Waals surface area contributed by atoms with Gasteiger partial charge in [0.1, 0.15) is 29.5 Å². The molecule has 3 aromatic rings. The number of halogens is 1. The molecular formula is C31H34ClNO9. The molecule has 0 aliphatic carbocycles. The van der Waals surface area contributed by atoms with Gasteiger partial charge in [-0.3, -0.25) is 9.59 Å². The summed E-state index contributed by atoms with van der Waals surface area (Å²) in [7, 11) is 7.63. The van der Waals surface area contributed by atoms with Crippen molar-refractivity contribution in [3.8, 4) is 28.7 Å². The first-order valence-corrected chi connectivity index (χ1v) is 13.6. The molecule has 0 saturated heterocycles. The maximum atomic E-state index is 14.4. The molecule has 0 saturated carbocycles. The normalized spacial score (nSPS) is 16.3. The van der Waals surface area contributed by atoms with Crippen LogP contribution < -0.4 is 28.6 Å². The Morgan fingerprint density at radius 2 is 1.62 bits per heavy atom. The molecule has 4 rings (SSSR count). The lowest BCUT2D eigenvalue weighted by molar-refractivity contribution is -0.151. The van der Waals surface area contributed by atoms with E-state index >= 15 is 0 Å². The molecule has 0 bridgehead atoms. The number of esters is 1. The molecule has 1 aliphatic heterocycles. The summed E-state index contributed by atoms with van der Waals surface area (Å²) < 4.78 is 39.7. The number of anilines is 1. The summed E-state index contributed by atoms with van der Waals surface area (Å²) in [5.74, 6) is 1.25. The highest BCUT2D eigenvalue weighted by Gasteiger charge is 2.41. The second-order valence-corrected chi connectivity index (χ2v) is 9.68. The SMILES string of the molecule is CCOC(=O)C[C@@H]1O[C@@H](c2cccc(OC)c2OC)c2cc(Cl)cc(OC)c2N(Cc2ccc(OC)cc2OC)C1=O. The number of carbonyl (C=O) groups excluding carboxylic acids is 2. The second kappa shape index (κ2) is 13.7. The lowest BCUT2D eigenvalue weighted by atomic mass is 9.97. The van der Waals surface area contributed by atoms with Crippen molar-refractivity contribution in [3.05, 3.63) is 70.2 Å². The van der Waals surface area contributed by atoms with Crippen LogP contribution in [0.25, 0.3) is 0 Å². The Hall–Kier alpha value is -4.15. The van der Waals surface area contributed by atoms with E-state index < -0.39 is 24.1 Å². The van der Waals surface area contributed by atoms with Crippen molar-refractivity contribution in [2.45, 2.75) is 32.1 Å². The van der Waals surface area contributed by atoms with E-state index in [9.17, 15) is 9.59 Å². The Bertz CT molecular complexity index is 1440. The minimum Gasteiger partial charge on any atom is -0.497 e. The molecule has 0 aromatic heterocycles. The van der Waals surface area contributed by atoms with E-state index in [0.717, 1.165) is 0 Å². The van der Waals surface area contributed by atoms with Gasteiger partial charge < -0.3 is 38.1 Å². The molecule has 0 radical (unpaired) electrons. The second-order valence-electron chi connectivity index (χ2n) is 9.24. The van der Waals surface area contributed by atoms with Gasteiger partial charge in [-0.1, -0.05) is 23.7 Å². The van der Waals surface area contributed by atoms with Gasteiger partial charge in [0.05, 0.1) is 60.8 Å². The van der Waals surface area contributed by atoms with Crippen LogP contribution in [0.1, 0.15) is 36.1 Å². The minimum absolute atomic E-state index is 0.0572. The van der Waals surface area contributed by atoms with Gasteiger partial charge in [0, 0.05) is 33.8 Å². The average molecular weight is 600 g/mol. The van der Waals surface area contributed by atoms with Crippen LogP contribution in [-0.2, 0) is 25.6 Å². The maximum absolute atomic E-state index is 14.4. The van der Waals surface area contributed by atoms with Gasteiger partial charge in [0.25, 0.3) is 5.91 Å². The highest BCUT2D eigenvalue weighted by molar-refractivity contribution is 6.31. The van der Waals surface area contributed by atoms with Crippen molar-refractivity contribution in [3.63, 3.8) is 0 Å². The molecule has 0 spiro atoms. The van der Waals surface area contributed by atoms with E-state index in [0.29, 0.717) is 56.1 Å². The van der Waals surface area contributed by atoms with Gasteiger partial charge in [-0.25, -0.2) is 0 Å². The Morgan fingerprint density at radius 1 is 0.881 bits per heavy atom. The fraction of sp³-hybridized carbons (Fsp3) is 0.355. The molecule has 224 valence electrons. The molecule has 0 N–H and O–H groups in total. The van der Waals surface area contributed by atoms with Crippen LogP contribution in [0.2, 0.25) is 5.02 Å². The number of hydrogen-bond acceptors (Lipinski definition) is 9. The zero-order valence-corrected chi connectivity index (χ0v) is 25.2. The van der Waals surface area contributed by atoms with Crippen molar-refractivity contribution >= 4 is 29.2 Å². The zero-order valence-electron chi connectivity index (χ0n) is 24.4. The first-order valence-electron chi connectivity index (χ1n) is 13.2. The molecule has 11 heteroatoms. The summed E-state index contributed by atoms with van der Waals surface area (Å²) in [5.41, 5.74) is 2.19. The van der Waals surface area contributed by atoms with Crippen molar-refractivity contribution in [2.24, 2.45) is 0 Å². The lowest BCUT2D eigenvalue weighted by Gasteiger charge is -2.27. The average Bonchev–Trinajstić information content (AvgIpc) is 3.10. The molecule has 1 aliphatic rings. The van der Waals surface area contributed by atoms with Gasteiger partial charge in [-0.15, -0.1) is 0 Å². The summed E-state index contributed by atoms with van der Waals surface area (Å²) in [5, 5.41) is 0.360. The van der Waals surface area contributed by atoms with Crippen LogP contribution in [0.15, 0.2) is 48.5 Å². The number of hydrogen-bond donors (Lipinski definition) is 0. The number of rotatable bonds is 11. The molecule has 1 amide bonds. The summed E-state index contributed by atoms with van der Waals surface area (Å²) in [6, 6.07) is 14.0. The third-order valence-corrected chi connectivity index (χ3v) is 7.10. The summed E-state index contributed by atoms with van der Waals surface area (Å²) in [6.07, 6.45) is -2.47. The number of fused-ring (bicyclic) bond motifs is 1. The molecule has 1 heterocycles. The van der Waals surface area contributed by atoms with E-state index in [1.54, 1.807) is 56.5 Å². The van der Waals surface area contributed by atoms with Gasteiger partial charge in [0.15, 0.2) is 11.5 Å². The molecule has 3 aromatic carbocycles. The maximum Gasteiger partial charge on any atom is 0.308 e. The summed E-state index contributed by atoms with van der Waals surface area (Å²) in [4.78, 5) is 28.6. The monoisotopic (exact) mass is 599 g/mol. The van der Waals surface area contributed by atoms with Crippen molar-refractivity contribution in [1.29, 1.82) is 0 Å². The number of carbonyl (C=O) groups is 2. The van der Waals surface area contributed by atoms with E-state index in [4.69, 9.17) is 44.8 Å². The fourth-order valence-electron chi connectivity index (χ4n) is 4.99. The predicted octanol–water partition coefficient (Wildman–Crippen LogP) is 5.36. The smallest absolute Gasteiger partial charge is 0.308 e. The molecule has 42 heavy (non-hydrogen) atoms. The first kappa shape index (κ1) is 30.8. The molecule has 2 atom stereocenters. The van der Waals surface area contributed by atoms with E-state index in [-0.39, 0.29) is 19.6 Å². The van der Waals surface area contributed by atoms with Crippen LogP contribution in [-0.4, -0.2) is 60.1 Å². The van der Waals surface area contributed by atoms with E-state index in [2.05, 4.69) is 0 Å². The first-order chi connectivity index (χ1) is 20.3. The molecular weight excluding hydrogens is 566 g/mol. The van der Waals surface area contributed by atoms with Gasteiger partial charge in [0.2, 0.25) is 0 Å². The standard InChI is InChI=1S/C31H34ClNO9/c1-7-41-27(34)16-26-31(35)33(17-18-11-12-20(36-2)15-24(18)38-4)28-22(13-19(32)14-25(28)39-5)29(42-26)21-9-8-10-23(37-3)30(21)40-6/h8-15,26,29H,7,16-17H2,1-6H3/t26-,29-/m0/s1. The Balaban J connectivity index is 1.98. The largest absolute Gasteiger partial charge is 0.497 e. The quantitative estimate of drug-likeness (QED) is 0.270. The lowest BCUT2D eigenvalue weighted by Crippen LogP contribution is -2.40. The van der Waals surface area contributed by atoms with Crippen LogP contribution in [0, 0.1) is 0 Å². The van der Waals surface area contributed by atoms with Gasteiger partial charge >= 0.3 is 5.97 Å². The van der Waals surface area contributed by atoms with E-state index in [1.165, 1.54) is 33.3 Å². The Kier molecular flexibility index (Phi) is 10.0. The number of para-hydroxylation sites is 1. The Morgan fingerprint density at radius 3 is 2.26 bits per heavy atom. The summed E-state index contributed by atoms with van der Waals surface area (Å²) >= 11 is 6.58. The van der Waals surface area contributed by atoms with Crippen molar-refractivity contribution in [1.82, 2.24) is 0 Å². The number of amides is 1. The predicted molar refractivity (Wildman–Crippen MR) is 156 cm³/mol. The number of ether oxygens (including phenoxy) is 7. The number of methoxy groups -OCH3 is 5.